The fourth-order valence-corrected chi connectivity index (χ4v) is 5.10. The smallest absolute Gasteiger partial charge is 0.406 e. The van der Waals surface area contributed by atoms with E-state index in [0.717, 1.165) is 43.6 Å². The lowest BCUT2D eigenvalue weighted by molar-refractivity contribution is -0.274. The lowest BCUT2D eigenvalue weighted by atomic mass is 10.0. The van der Waals surface area contributed by atoms with Gasteiger partial charge in [-0.3, -0.25) is 4.90 Å². The third-order valence-corrected chi connectivity index (χ3v) is 6.76. The van der Waals surface area contributed by atoms with E-state index in [9.17, 15) is 13.2 Å². The van der Waals surface area contributed by atoms with Gasteiger partial charge in [0.05, 0.1) is 0 Å². The van der Waals surface area contributed by atoms with Crippen LogP contribution in [-0.4, -0.2) is 30.9 Å². The van der Waals surface area contributed by atoms with Crippen LogP contribution in [0.25, 0.3) is 11.1 Å². The Labute approximate surface area is 192 Å². The summed E-state index contributed by atoms with van der Waals surface area (Å²) in [6.07, 6.45) is -4.66. The van der Waals surface area contributed by atoms with Gasteiger partial charge in [0.25, 0.3) is 0 Å². The monoisotopic (exact) mass is 452 g/mol. The zero-order chi connectivity index (χ0) is 22.8. The number of piperidine rings is 1. The maximum Gasteiger partial charge on any atom is 0.573 e. The summed E-state index contributed by atoms with van der Waals surface area (Å²) in [6.45, 7) is 4.66. The molecule has 3 aromatic rings. The number of nitrogens with one attached hydrogen (secondary N) is 1. The predicted octanol–water partition coefficient (Wildman–Crippen LogP) is 5.72. The summed E-state index contributed by atoms with van der Waals surface area (Å²) in [7, 11) is 0. The van der Waals surface area contributed by atoms with Crippen molar-refractivity contribution < 1.29 is 17.9 Å². The highest BCUT2D eigenvalue weighted by atomic mass is 19.4. The molecule has 1 aliphatic heterocycles. The van der Waals surface area contributed by atoms with E-state index in [2.05, 4.69) is 63.5 Å². The Bertz CT molecular complexity index is 1060. The van der Waals surface area contributed by atoms with Crippen LogP contribution in [0.4, 0.5) is 13.2 Å². The highest BCUT2D eigenvalue weighted by Gasteiger charge is 2.54. The Kier molecular flexibility index (Phi) is 6.13. The van der Waals surface area contributed by atoms with Gasteiger partial charge in [0.1, 0.15) is 5.75 Å². The number of hydrogen-bond donors (Lipinski definition) is 1. The molecule has 1 N–H and O–H groups in total. The number of fused-ring (bicyclic) bond motifs is 1. The molecule has 1 saturated carbocycles. The number of rotatable bonds is 8. The second-order valence-electron chi connectivity index (χ2n) is 9.07. The van der Waals surface area contributed by atoms with Crippen LogP contribution in [0, 0.1) is 17.8 Å². The number of alkyl halides is 3. The van der Waals surface area contributed by atoms with Gasteiger partial charge in [0.15, 0.2) is 0 Å². The number of benzene rings is 3. The summed E-state index contributed by atoms with van der Waals surface area (Å²) in [5, 5.41) is 3.41. The largest absolute Gasteiger partial charge is 0.573 e. The van der Waals surface area contributed by atoms with Gasteiger partial charge in [-0.1, -0.05) is 66.7 Å². The van der Waals surface area contributed by atoms with E-state index in [1.54, 1.807) is 6.07 Å². The summed E-state index contributed by atoms with van der Waals surface area (Å²) in [4.78, 5) is 2.53. The van der Waals surface area contributed by atoms with E-state index in [4.69, 9.17) is 0 Å². The maximum atomic E-state index is 12.4. The molecule has 2 unspecified atom stereocenters. The van der Waals surface area contributed by atoms with E-state index in [0.29, 0.717) is 12.5 Å². The maximum absolute atomic E-state index is 12.4. The number of likely N-dealkylation sites (tertiary alicyclic amines) is 1. The molecule has 6 heteroatoms. The molecule has 0 spiro atoms. The average molecular weight is 453 g/mol. The zero-order valence-electron chi connectivity index (χ0n) is 18.3. The zero-order valence-corrected chi connectivity index (χ0v) is 18.3. The number of ether oxygens (including phenoxy) is 1. The molecule has 2 aliphatic rings. The van der Waals surface area contributed by atoms with E-state index in [1.165, 1.54) is 28.8 Å². The minimum atomic E-state index is -4.66. The first-order valence-corrected chi connectivity index (χ1v) is 11.4. The van der Waals surface area contributed by atoms with Crippen molar-refractivity contribution in [2.24, 2.45) is 17.8 Å². The molecule has 1 saturated heterocycles. The van der Waals surface area contributed by atoms with Crippen molar-refractivity contribution in [3.63, 3.8) is 0 Å². The van der Waals surface area contributed by atoms with Crippen molar-refractivity contribution in [2.75, 3.05) is 19.6 Å². The van der Waals surface area contributed by atoms with Crippen molar-refractivity contribution in [1.29, 1.82) is 0 Å². The quantitative estimate of drug-likeness (QED) is 0.473. The average Bonchev–Trinajstić information content (AvgIpc) is 3.24. The lowest BCUT2D eigenvalue weighted by Crippen LogP contribution is -2.27. The highest BCUT2D eigenvalue weighted by Crippen LogP contribution is 2.51. The van der Waals surface area contributed by atoms with Crippen LogP contribution >= 0.6 is 0 Å². The molecule has 2 atom stereocenters. The van der Waals surface area contributed by atoms with Gasteiger partial charge in [0, 0.05) is 26.2 Å². The van der Waals surface area contributed by atoms with E-state index < -0.39 is 6.36 Å². The molecule has 3 nitrogen and oxygen atoms in total. The molecule has 5 rings (SSSR count). The molecule has 1 heterocycles. The van der Waals surface area contributed by atoms with Gasteiger partial charge in [-0.15, -0.1) is 13.2 Å². The summed E-state index contributed by atoms with van der Waals surface area (Å²) in [5.74, 6) is 1.94. The van der Waals surface area contributed by atoms with Crippen LogP contribution in [0.3, 0.4) is 0 Å². The van der Waals surface area contributed by atoms with Gasteiger partial charge in [-0.05, 0) is 58.7 Å². The van der Waals surface area contributed by atoms with Crippen LogP contribution < -0.4 is 10.1 Å². The highest BCUT2D eigenvalue weighted by molar-refractivity contribution is 5.63. The first-order valence-electron chi connectivity index (χ1n) is 11.4. The standard InChI is InChI=1S/C27H27F3N2O/c28-27(29,30)33-23-8-4-5-20(13-23)14-31-15-24-25-17-32(18-26(24)25)16-19-9-11-22(12-10-19)21-6-2-1-3-7-21/h1-13,24-26,31H,14-18H2. The number of halogens is 3. The number of nitrogens with zero attached hydrogens (tertiary/aromatic N) is 1. The second-order valence-corrected chi connectivity index (χ2v) is 9.07. The van der Waals surface area contributed by atoms with Crippen molar-refractivity contribution in [2.45, 2.75) is 19.5 Å². The molecule has 1 aliphatic carbocycles. The molecule has 0 aromatic heterocycles. The van der Waals surface area contributed by atoms with E-state index in [-0.39, 0.29) is 5.75 Å². The van der Waals surface area contributed by atoms with Crippen molar-refractivity contribution in [3.05, 3.63) is 90.0 Å². The molecule has 0 amide bonds. The van der Waals surface area contributed by atoms with E-state index in [1.807, 2.05) is 12.1 Å². The SMILES string of the molecule is FC(F)(F)Oc1cccc(CNCC2C3CN(Cc4ccc(-c5ccccc5)cc4)CC23)c1. The third kappa shape index (κ3) is 5.57. The first-order chi connectivity index (χ1) is 15.9. The molecule has 0 bridgehead atoms. The van der Waals surface area contributed by atoms with Gasteiger partial charge < -0.3 is 10.1 Å². The Balaban J connectivity index is 1.05. The fourth-order valence-electron chi connectivity index (χ4n) is 5.10. The summed E-state index contributed by atoms with van der Waals surface area (Å²) >= 11 is 0. The van der Waals surface area contributed by atoms with Crippen molar-refractivity contribution in [1.82, 2.24) is 10.2 Å². The van der Waals surface area contributed by atoms with Gasteiger partial charge in [-0.2, -0.15) is 0 Å². The summed E-state index contributed by atoms with van der Waals surface area (Å²) in [6, 6.07) is 25.4. The molecule has 3 aromatic carbocycles. The topological polar surface area (TPSA) is 24.5 Å². The van der Waals surface area contributed by atoms with Gasteiger partial charge in [0.2, 0.25) is 0 Å². The summed E-state index contributed by atoms with van der Waals surface area (Å²) in [5.41, 5.74) is 4.61. The summed E-state index contributed by atoms with van der Waals surface area (Å²) < 4.78 is 41.2. The minimum Gasteiger partial charge on any atom is -0.406 e. The number of hydrogen-bond acceptors (Lipinski definition) is 3. The van der Waals surface area contributed by atoms with Crippen LogP contribution in [0.15, 0.2) is 78.9 Å². The lowest BCUT2D eigenvalue weighted by Gasteiger charge is -2.20. The predicted molar refractivity (Wildman–Crippen MR) is 122 cm³/mol. The Morgan fingerprint density at radius 2 is 1.52 bits per heavy atom. The van der Waals surface area contributed by atoms with E-state index >= 15 is 0 Å². The minimum absolute atomic E-state index is 0.169. The first kappa shape index (κ1) is 22.0. The molecule has 2 fully saturated rings. The Morgan fingerprint density at radius 1 is 0.818 bits per heavy atom. The van der Waals surface area contributed by atoms with Gasteiger partial charge in [-0.25, -0.2) is 0 Å². The van der Waals surface area contributed by atoms with Crippen molar-refractivity contribution in [3.8, 4) is 16.9 Å². The van der Waals surface area contributed by atoms with Crippen LogP contribution in [0.2, 0.25) is 0 Å². The van der Waals surface area contributed by atoms with Crippen molar-refractivity contribution >= 4 is 0 Å². The van der Waals surface area contributed by atoms with Crippen LogP contribution in [-0.2, 0) is 13.1 Å². The Morgan fingerprint density at radius 3 is 2.21 bits per heavy atom. The molecular weight excluding hydrogens is 425 g/mol. The van der Waals surface area contributed by atoms with Crippen LogP contribution in [0.5, 0.6) is 5.75 Å². The molecule has 33 heavy (non-hydrogen) atoms. The molecule has 0 radical (unpaired) electrons. The van der Waals surface area contributed by atoms with Crippen LogP contribution in [0.1, 0.15) is 11.1 Å². The second kappa shape index (κ2) is 9.20. The fraction of sp³-hybridized carbons (Fsp3) is 0.333. The van der Waals surface area contributed by atoms with Gasteiger partial charge >= 0.3 is 6.36 Å². The Hall–Kier alpha value is -2.83. The normalized spacial score (nSPS) is 22.2. The molecule has 172 valence electrons. The molecular formula is C27H27F3N2O. The third-order valence-electron chi connectivity index (χ3n) is 6.76.